The lowest BCUT2D eigenvalue weighted by Crippen LogP contribution is -2.35. The zero-order valence-corrected chi connectivity index (χ0v) is 26.9. The molecule has 2 aromatic carbocycles. The number of likely N-dealkylation sites (tertiary alicyclic amines) is 1. The van der Waals surface area contributed by atoms with Crippen molar-refractivity contribution in [1.82, 2.24) is 19.4 Å². The molecule has 4 aromatic rings. The van der Waals surface area contributed by atoms with Gasteiger partial charge in [-0.1, -0.05) is 23.7 Å². The first-order valence-corrected chi connectivity index (χ1v) is 16.6. The molecular formula is C35H37ClN4O7. The van der Waals surface area contributed by atoms with E-state index in [2.05, 4.69) is 20.5 Å². The van der Waals surface area contributed by atoms with Crippen molar-refractivity contribution >= 4 is 28.6 Å². The van der Waals surface area contributed by atoms with Crippen LogP contribution in [0.3, 0.4) is 0 Å². The molecule has 1 N–H and O–H groups in total. The zero-order chi connectivity index (χ0) is 32.1. The molecule has 246 valence electrons. The number of aromatic nitrogens is 3. The van der Waals surface area contributed by atoms with E-state index < -0.39 is 11.8 Å². The number of rotatable bonds is 10. The number of hydrogen-bond acceptors (Lipinski definition) is 9. The fourth-order valence-corrected chi connectivity index (χ4v) is 6.95. The van der Waals surface area contributed by atoms with E-state index in [0.717, 1.165) is 67.4 Å². The summed E-state index contributed by atoms with van der Waals surface area (Å²) in [5, 5.41) is 10.5. The van der Waals surface area contributed by atoms with Gasteiger partial charge in [0, 0.05) is 31.2 Å². The normalized spacial score (nSPS) is 23.1. The smallest absolute Gasteiger partial charge is 0.335 e. The third-order valence-electron chi connectivity index (χ3n) is 9.70. The predicted octanol–water partition coefficient (Wildman–Crippen LogP) is 5.62. The van der Waals surface area contributed by atoms with E-state index in [-0.39, 0.29) is 11.7 Å². The van der Waals surface area contributed by atoms with Crippen LogP contribution in [0.25, 0.3) is 11.0 Å². The van der Waals surface area contributed by atoms with Gasteiger partial charge in [-0.05, 0) is 68.6 Å². The standard InChI is InChI=1S/C35H37ClN4O7/c1-35(30-6-5-24(36)15-37-30)46-28-4-2-3-26(33(28)47-35)22-7-10-39(11-8-22)17-31-38-32-27(40(31)16-25-9-12-44-25)13-23(34(41)42)14-29(32)45-20-21-18-43-19-21/h2-6,13-15,21-22,25H,7-12,16-20H2,1H3,(H,41,42)/t25-,35-/m0/s1. The molecule has 0 spiro atoms. The number of piperidine rings is 1. The first kappa shape index (κ1) is 30.4. The molecule has 11 nitrogen and oxygen atoms in total. The highest BCUT2D eigenvalue weighted by Gasteiger charge is 2.42. The van der Waals surface area contributed by atoms with Crippen molar-refractivity contribution in [3.63, 3.8) is 0 Å². The molecule has 0 aliphatic carbocycles. The van der Waals surface area contributed by atoms with Gasteiger partial charge in [-0.25, -0.2) is 9.78 Å². The summed E-state index contributed by atoms with van der Waals surface area (Å²) < 4.78 is 32.2. The Morgan fingerprint density at radius 3 is 2.64 bits per heavy atom. The fraction of sp³-hybridized carbons (Fsp3) is 0.457. The molecule has 0 radical (unpaired) electrons. The molecule has 2 aromatic heterocycles. The Labute approximate surface area is 277 Å². The second kappa shape index (κ2) is 12.3. The molecule has 2 atom stereocenters. The lowest BCUT2D eigenvalue weighted by molar-refractivity contribution is -0.0722. The molecule has 47 heavy (non-hydrogen) atoms. The zero-order valence-electron chi connectivity index (χ0n) is 26.2. The number of benzene rings is 2. The fourth-order valence-electron chi connectivity index (χ4n) is 6.84. The van der Waals surface area contributed by atoms with Gasteiger partial charge in [0.25, 0.3) is 5.79 Å². The van der Waals surface area contributed by atoms with Gasteiger partial charge >= 0.3 is 5.97 Å². The minimum Gasteiger partial charge on any atom is -0.491 e. The summed E-state index contributed by atoms with van der Waals surface area (Å²) in [7, 11) is 0. The van der Waals surface area contributed by atoms with Crippen LogP contribution in [-0.2, 0) is 28.4 Å². The number of pyridine rings is 1. The summed E-state index contributed by atoms with van der Waals surface area (Å²) in [6.45, 7) is 7.40. The molecule has 0 saturated carbocycles. The molecule has 12 heteroatoms. The lowest BCUT2D eigenvalue weighted by Gasteiger charge is -2.33. The van der Waals surface area contributed by atoms with E-state index in [9.17, 15) is 9.90 Å². The van der Waals surface area contributed by atoms with Crippen LogP contribution in [0.4, 0.5) is 0 Å². The van der Waals surface area contributed by atoms with E-state index in [1.807, 2.05) is 25.1 Å². The molecule has 0 unspecified atom stereocenters. The van der Waals surface area contributed by atoms with Gasteiger partial charge < -0.3 is 33.4 Å². The van der Waals surface area contributed by atoms with Crippen molar-refractivity contribution < 1.29 is 33.6 Å². The highest BCUT2D eigenvalue weighted by molar-refractivity contribution is 6.30. The van der Waals surface area contributed by atoms with Crippen molar-refractivity contribution in [2.45, 2.75) is 57.1 Å². The van der Waals surface area contributed by atoms with Gasteiger partial charge in [-0.15, -0.1) is 0 Å². The molecule has 4 aliphatic rings. The van der Waals surface area contributed by atoms with Crippen LogP contribution in [-0.4, -0.2) is 76.1 Å². The molecule has 0 amide bonds. The van der Waals surface area contributed by atoms with Crippen LogP contribution in [0.5, 0.6) is 17.2 Å². The Hall–Kier alpha value is -3.90. The number of carboxylic acids is 1. The van der Waals surface area contributed by atoms with Gasteiger partial charge in [-0.3, -0.25) is 9.88 Å². The molecule has 4 aliphatic heterocycles. The van der Waals surface area contributed by atoms with Crippen molar-refractivity contribution in [2.75, 3.05) is 39.5 Å². The number of nitrogens with zero attached hydrogens (tertiary/aromatic N) is 4. The first-order valence-electron chi connectivity index (χ1n) is 16.3. The minimum atomic E-state index is -1.03. The Morgan fingerprint density at radius 2 is 1.96 bits per heavy atom. The summed E-state index contributed by atoms with van der Waals surface area (Å²) in [6.07, 6.45) is 4.55. The highest BCUT2D eigenvalue weighted by atomic mass is 35.5. The van der Waals surface area contributed by atoms with E-state index in [1.54, 1.807) is 24.4 Å². The number of hydrogen-bond donors (Lipinski definition) is 1. The van der Waals surface area contributed by atoms with Crippen molar-refractivity contribution in [2.24, 2.45) is 5.92 Å². The number of imidazole rings is 1. The average Bonchev–Trinajstić information content (AvgIpc) is 3.55. The topological polar surface area (TPSA) is 117 Å². The third-order valence-corrected chi connectivity index (χ3v) is 9.93. The average molecular weight is 661 g/mol. The van der Waals surface area contributed by atoms with Crippen LogP contribution in [0.1, 0.15) is 59.5 Å². The van der Waals surface area contributed by atoms with Crippen LogP contribution >= 0.6 is 11.6 Å². The van der Waals surface area contributed by atoms with Crippen LogP contribution in [0, 0.1) is 5.92 Å². The molecular weight excluding hydrogens is 624 g/mol. The van der Waals surface area contributed by atoms with E-state index in [1.165, 1.54) is 0 Å². The number of aromatic carboxylic acids is 1. The maximum Gasteiger partial charge on any atom is 0.335 e. The van der Waals surface area contributed by atoms with Crippen molar-refractivity contribution in [3.8, 4) is 17.2 Å². The Balaban J connectivity index is 1.01. The van der Waals surface area contributed by atoms with E-state index in [0.29, 0.717) is 66.7 Å². The Bertz CT molecular complexity index is 1800. The first-order chi connectivity index (χ1) is 22.8. The highest BCUT2D eigenvalue weighted by Crippen LogP contribution is 2.49. The molecule has 6 heterocycles. The van der Waals surface area contributed by atoms with Crippen LogP contribution in [0.15, 0.2) is 48.7 Å². The Kier molecular flexibility index (Phi) is 7.95. The van der Waals surface area contributed by atoms with E-state index >= 15 is 0 Å². The van der Waals surface area contributed by atoms with Gasteiger partial charge in [0.05, 0.1) is 55.1 Å². The summed E-state index contributed by atoms with van der Waals surface area (Å²) in [4.78, 5) is 24.1. The number of carbonyl (C=O) groups is 1. The maximum atomic E-state index is 12.1. The molecule has 0 bridgehead atoms. The number of carboxylic acid groups (broad SMARTS) is 1. The van der Waals surface area contributed by atoms with Gasteiger partial charge in [0.1, 0.15) is 22.8 Å². The van der Waals surface area contributed by atoms with Crippen LogP contribution < -0.4 is 14.2 Å². The van der Waals surface area contributed by atoms with Gasteiger partial charge in [0.15, 0.2) is 11.5 Å². The third kappa shape index (κ3) is 5.90. The second-order valence-corrected chi connectivity index (χ2v) is 13.5. The molecule has 3 saturated heterocycles. The number of fused-ring (bicyclic) bond motifs is 2. The van der Waals surface area contributed by atoms with E-state index in [4.69, 9.17) is 40.3 Å². The van der Waals surface area contributed by atoms with Crippen LogP contribution in [0.2, 0.25) is 5.02 Å². The number of para-hydroxylation sites is 1. The van der Waals surface area contributed by atoms with Crippen molar-refractivity contribution in [1.29, 1.82) is 0 Å². The maximum absolute atomic E-state index is 12.1. The predicted molar refractivity (Wildman–Crippen MR) is 172 cm³/mol. The number of halogens is 1. The van der Waals surface area contributed by atoms with Gasteiger partial charge in [0.2, 0.25) is 0 Å². The largest absolute Gasteiger partial charge is 0.491 e. The second-order valence-electron chi connectivity index (χ2n) is 13.0. The summed E-state index contributed by atoms with van der Waals surface area (Å²) in [6, 6.07) is 13.0. The monoisotopic (exact) mass is 660 g/mol. The quantitative estimate of drug-likeness (QED) is 0.230. The summed E-state index contributed by atoms with van der Waals surface area (Å²) >= 11 is 6.07. The number of ether oxygens (including phenoxy) is 5. The lowest BCUT2D eigenvalue weighted by atomic mass is 9.88. The Morgan fingerprint density at radius 1 is 1.13 bits per heavy atom. The van der Waals surface area contributed by atoms with Crippen molar-refractivity contribution in [3.05, 3.63) is 76.3 Å². The molecule has 3 fully saturated rings. The van der Waals surface area contributed by atoms with Gasteiger partial charge in [-0.2, -0.15) is 0 Å². The minimum absolute atomic E-state index is 0.0815. The summed E-state index contributed by atoms with van der Waals surface area (Å²) in [5.41, 5.74) is 3.45. The summed E-state index contributed by atoms with van der Waals surface area (Å²) in [5.74, 6) is 1.48. The molecule has 8 rings (SSSR count). The SMILES string of the molecule is C[C@]1(c2ccc(Cl)cn2)Oc2cccc(C3CCN(Cc4nc5c(OCC6COC6)cc(C(=O)O)cc5n4C[C@@H]4CCO4)CC3)c2O1.